The van der Waals surface area contributed by atoms with Gasteiger partial charge in [-0.25, -0.2) is 0 Å². The van der Waals surface area contributed by atoms with Crippen molar-refractivity contribution in [1.82, 2.24) is 0 Å². The third-order valence-corrected chi connectivity index (χ3v) is 6.29. The fourth-order valence-corrected chi connectivity index (χ4v) is 4.55. The summed E-state index contributed by atoms with van der Waals surface area (Å²) in [6.07, 6.45) is 8.69. The van der Waals surface area contributed by atoms with Crippen LogP contribution in [-0.4, -0.2) is 47.6 Å². The van der Waals surface area contributed by atoms with Gasteiger partial charge in [0.05, 0.1) is 24.4 Å². The highest BCUT2D eigenvalue weighted by atomic mass is 16.6. The number of hydrogen-bond acceptors (Lipinski definition) is 6. The van der Waals surface area contributed by atoms with E-state index >= 15 is 0 Å². The van der Waals surface area contributed by atoms with Gasteiger partial charge in [0, 0.05) is 25.7 Å². The Balaban J connectivity index is 1.10. The van der Waals surface area contributed by atoms with Crippen LogP contribution >= 0.6 is 0 Å². The van der Waals surface area contributed by atoms with Gasteiger partial charge in [-0.05, 0) is 52.4 Å². The van der Waals surface area contributed by atoms with Crippen molar-refractivity contribution >= 4 is 11.9 Å². The van der Waals surface area contributed by atoms with E-state index in [0.717, 1.165) is 38.5 Å². The maximum Gasteiger partial charge on any atom is 0.306 e. The third-order valence-electron chi connectivity index (χ3n) is 6.29. The lowest BCUT2D eigenvalue weighted by atomic mass is 9.86. The number of epoxide rings is 2. The first kappa shape index (κ1) is 18.2. The highest BCUT2D eigenvalue weighted by molar-refractivity contribution is 5.71. The summed E-state index contributed by atoms with van der Waals surface area (Å²) < 4.78 is 22.4. The van der Waals surface area contributed by atoms with Crippen LogP contribution in [0.5, 0.6) is 0 Å². The van der Waals surface area contributed by atoms with Crippen molar-refractivity contribution in [3.8, 4) is 0 Å². The Morgan fingerprint density at radius 3 is 1.62 bits per heavy atom. The molecule has 2 saturated carbocycles. The minimum absolute atomic E-state index is 0.170. The molecule has 2 heterocycles. The maximum atomic E-state index is 12.1. The van der Waals surface area contributed by atoms with E-state index in [0.29, 0.717) is 37.9 Å². The zero-order valence-electron chi connectivity index (χ0n) is 15.8. The van der Waals surface area contributed by atoms with E-state index in [1.54, 1.807) is 0 Å². The molecule has 0 aromatic heterocycles. The predicted molar refractivity (Wildman–Crippen MR) is 92.5 cm³/mol. The molecule has 0 radical (unpaired) electrons. The molecule has 6 heteroatoms. The lowest BCUT2D eigenvalue weighted by Gasteiger charge is -2.31. The molecule has 0 aromatic rings. The molecular formula is C20H30O6. The highest BCUT2D eigenvalue weighted by Crippen LogP contribution is 2.44. The second kappa shape index (κ2) is 6.79. The van der Waals surface area contributed by atoms with Gasteiger partial charge in [0.25, 0.3) is 0 Å². The van der Waals surface area contributed by atoms with E-state index in [1.165, 1.54) is 0 Å². The summed E-state index contributed by atoms with van der Waals surface area (Å²) in [5, 5.41) is 0. The average molecular weight is 366 g/mol. The van der Waals surface area contributed by atoms with E-state index in [4.69, 9.17) is 18.9 Å². The first-order chi connectivity index (χ1) is 12.3. The van der Waals surface area contributed by atoms with Crippen molar-refractivity contribution in [2.24, 2.45) is 0 Å². The summed E-state index contributed by atoms with van der Waals surface area (Å²) in [4.78, 5) is 24.2. The van der Waals surface area contributed by atoms with Crippen LogP contribution in [0.25, 0.3) is 0 Å². The number of esters is 2. The van der Waals surface area contributed by atoms with E-state index in [9.17, 15) is 9.59 Å². The summed E-state index contributed by atoms with van der Waals surface area (Å²) in [6.45, 7) is 4.00. The van der Waals surface area contributed by atoms with Gasteiger partial charge in [0.1, 0.15) is 11.2 Å². The first-order valence-electron chi connectivity index (χ1n) is 10.1. The van der Waals surface area contributed by atoms with Crippen LogP contribution < -0.4 is 0 Å². The standard InChI is InChI=1S/C20H30O6/c1-19(9-7-13-15(11-19)23-13)25-17(21)5-3-4-6-18(22)26-20(2)10-8-14-16(12-20)24-14/h13-16H,3-12H2,1-2H3. The number of ether oxygens (including phenoxy) is 4. The van der Waals surface area contributed by atoms with Crippen molar-refractivity contribution in [2.45, 2.75) is 114 Å². The van der Waals surface area contributed by atoms with Crippen LogP contribution in [0.2, 0.25) is 0 Å². The first-order valence-corrected chi connectivity index (χ1v) is 10.1. The maximum absolute atomic E-state index is 12.1. The van der Waals surface area contributed by atoms with Crippen molar-refractivity contribution < 1.29 is 28.5 Å². The van der Waals surface area contributed by atoms with Crippen molar-refractivity contribution in [2.75, 3.05) is 0 Å². The van der Waals surface area contributed by atoms with Crippen molar-refractivity contribution in [3.63, 3.8) is 0 Å². The van der Waals surface area contributed by atoms with Crippen molar-refractivity contribution in [3.05, 3.63) is 0 Å². The van der Waals surface area contributed by atoms with Gasteiger partial charge in [0.2, 0.25) is 0 Å². The molecular weight excluding hydrogens is 336 g/mol. The Morgan fingerprint density at radius 1 is 0.808 bits per heavy atom. The van der Waals surface area contributed by atoms with Crippen LogP contribution in [0, 0.1) is 0 Å². The van der Waals surface area contributed by atoms with E-state index in [2.05, 4.69) is 0 Å². The van der Waals surface area contributed by atoms with Gasteiger partial charge in [-0.2, -0.15) is 0 Å². The zero-order chi connectivity index (χ0) is 18.4. The van der Waals surface area contributed by atoms with Gasteiger partial charge in [-0.1, -0.05) is 0 Å². The number of hydrogen-bond donors (Lipinski definition) is 0. The van der Waals surface area contributed by atoms with E-state index in [-0.39, 0.29) is 35.3 Å². The molecule has 0 bridgehead atoms. The quantitative estimate of drug-likeness (QED) is 0.391. The van der Waals surface area contributed by atoms with Crippen molar-refractivity contribution in [1.29, 1.82) is 0 Å². The zero-order valence-corrected chi connectivity index (χ0v) is 15.8. The Hall–Kier alpha value is -1.14. The molecule has 146 valence electrons. The molecule has 6 atom stereocenters. The normalized spacial score (nSPS) is 43.0. The Labute approximate surface area is 154 Å². The Bertz CT molecular complexity index is 527. The fourth-order valence-electron chi connectivity index (χ4n) is 4.55. The lowest BCUT2D eigenvalue weighted by Crippen LogP contribution is -2.37. The third kappa shape index (κ3) is 4.39. The van der Waals surface area contributed by atoms with E-state index < -0.39 is 0 Å². The second-order valence-electron chi connectivity index (χ2n) is 8.97. The van der Waals surface area contributed by atoms with Gasteiger partial charge < -0.3 is 18.9 Å². The van der Waals surface area contributed by atoms with Gasteiger partial charge in [-0.3, -0.25) is 9.59 Å². The number of fused-ring (bicyclic) bond motifs is 2. The summed E-state index contributed by atoms with van der Waals surface area (Å²) in [6, 6.07) is 0. The predicted octanol–water partition coefficient (Wildman–Crippen LogP) is 3.05. The monoisotopic (exact) mass is 366 g/mol. The van der Waals surface area contributed by atoms with Crippen LogP contribution in [-0.2, 0) is 28.5 Å². The molecule has 2 aliphatic carbocycles. The highest BCUT2D eigenvalue weighted by Gasteiger charge is 2.51. The fraction of sp³-hybridized carbons (Fsp3) is 0.900. The molecule has 6 nitrogen and oxygen atoms in total. The number of rotatable bonds is 7. The molecule has 0 N–H and O–H groups in total. The lowest BCUT2D eigenvalue weighted by molar-refractivity contribution is -0.163. The Kier molecular flexibility index (Phi) is 4.76. The second-order valence-corrected chi connectivity index (χ2v) is 8.97. The van der Waals surface area contributed by atoms with Crippen LogP contribution in [0.4, 0.5) is 0 Å². The number of unbranched alkanes of at least 4 members (excludes halogenated alkanes) is 1. The molecule has 26 heavy (non-hydrogen) atoms. The summed E-state index contributed by atoms with van der Waals surface area (Å²) in [5.41, 5.74) is -0.766. The summed E-state index contributed by atoms with van der Waals surface area (Å²) in [5.74, 6) is -0.340. The average Bonchev–Trinajstić information content (AvgIpc) is 3.45. The van der Waals surface area contributed by atoms with E-state index in [1.807, 2.05) is 13.8 Å². The van der Waals surface area contributed by atoms with Gasteiger partial charge in [-0.15, -0.1) is 0 Å². The van der Waals surface area contributed by atoms with Gasteiger partial charge >= 0.3 is 11.9 Å². The topological polar surface area (TPSA) is 77.7 Å². The molecule has 2 saturated heterocycles. The molecule has 4 fully saturated rings. The van der Waals surface area contributed by atoms with Crippen LogP contribution in [0.15, 0.2) is 0 Å². The smallest absolute Gasteiger partial charge is 0.306 e. The minimum Gasteiger partial charge on any atom is -0.459 e. The molecule has 2 aliphatic heterocycles. The summed E-state index contributed by atoms with van der Waals surface area (Å²) >= 11 is 0. The SMILES string of the molecule is CC1(OC(=O)CCCCC(=O)OC2(C)CCC3OC3C2)CCC2OC2C1. The van der Waals surface area contributed by atoms with Crippen LogP contribution in [0.1, 0.15) is 78.1 Å². The number of carbonyl (C=O) groups excluding carboxylic acids is 2. The van der Waals surface area contributed by atoms with Gasteiger partial charge in [0.15, 0.2) is 0 Å². The largest absolute Gasteiger partial charge is 0.459 e. The molecule has 0 spiro atoms. The molecule has 6 unspecified atom stereocenters. The molecule has 0 amide bonds. The molecule has 4 rings (SSSR count). The molecule has 0 aromatic carbocycles. The van der Waals surface area contributed by atoms with Crippen LogP contribution in [0.3, 0.4) is 0 Å². The minimum atomic E-state index is -0.383. The molecule has 4 aliphatic rings. The Morgan fingerprint density at radius 2 is 1.23 bits per heavy atom. The summed E-state index contributed by atoms with van der Waals surface area (Å²) in [7, 11) is 0. The number of carbonyl (C=O) groups is 2.